The number of rotatable bonds is 3. The smallest absolute Gasteiger partial charge is 0.186 e. The van der Waals surface area contributed by atoms with Gasteiger partial charge in [0.15, 0.2) is 11.1 Å². The average Bonchev–Trinajstić information content (AvgIpc) is 2.17. The van der Waals surface area contributed by atoms with E-state index in [0.29, 0.717) is 17.1 Å². The van der Waals surface area contributed by atoms with Gasteiger partial charge in [0, 0.05) is 12.2 Å². The van der Waals surface area contributed by atoms with Crippen molar-refractivity contribution in [1.29, 1.82) is 0 Å². The molecule has 0 aliphatic heterocycles. The van der Waals surface area contributed by atoms with E-state index in [9.17, 15) is 9.42 Å². The molecule has 4 nitrogen and oxygen atoms in total. The predicted octanol–water partition coefficient (Wildman–Crippen LogP) is 1.59. The summed E-state index contributed by atoms with van der Waals surface area (Å²) in [5.41, 5.74) is 0.497. The van der Waals surface area contributed by atoms with Gasteiger partial charge in [-0.3, -0.25) is 0 Å². The Morgan fingerprint density at radius 3 is 2.38 bits per heavy atom. The van der Waals surface area contributed by atoms with Gasteiger partial charge in [0.1, 0.15) is 0 Å². The number of anilines is 1. The van der Waals surface area contributed by atoms with Gasteiger partial charge in [-0.05, 0) is 31.2 Å². The Morgan fingerprint density at radius 2 is 2.00 bits per heavy atom. The second kappa shape index (κ2) is 4.36. The van der Waals surface area contributed by atoms with Crippen LogP contribution in [0.25, 0.3) is 0 Å². The third kappa shape index (κ3) is 2.51. The lowest BCUT2D eigenvalue weighted by Gasteiger charge is -2.28. The van der Waals surface area contributed by atoms with Crippen LogP contribution in [-0.2, 0) is 11.1 Å². The summed E-state index contributed by atoms with van der Waals surface area (Å²) in [5, 5.41) is 11.9. The van der Waals surface area contributed by atoms with Crippen molar-refractivity contribution in [2.45, 2.75) is 11.8 Å². The maximum atomic E-state index is 11.1. The van der Waals surface area contributed by atoms with Gasteiger partial charge < -0.3 is 14.8 Å². The quantitative estimate of drug-likeness (QED) is 0.594. The highest BCUT2D eigenvalue weighted by Gasteiger charge is 1.99. The molecule has 0 radical (unpaired) electrons. The first-order valence-electron chi connectivity index (χ1n) is 3.80. The van der Waals surface area contributed by atoms with Gasteiger partial charge in [0.25, 0.3) is 0 Å². The van der Waals surface area contributed by atoms with Crippen molar-refractivity contribution in [2.24, 2.45) is 0 Å². The minimum Gasteiger partial charge on any atom is -0.758 e. The molecule has 1 atom stereocenters. The van der Waals surface area contributed by atoms with E-state index in [0.717, 1.165) is 5.06 Å². The Hall–Kier alpha value is -0.910. The molecule has 72 valence electrons. The van der Waals surface area contributed by atoms with Gasteiger partial charge in [-0.1, -0.05) is 0 Å². The van der Waals surface area contributed by atoms with Crippen LogP contribution in [-0.4, -0.2) is 15.3 Å². The van der Waals surface area contributed by atoms with Gasteiger partial charge in [-0.2, -0.15) is 0 Å². The molecule has 0 aromatic heterocycles. The fourth-order valence-corrected chi connectivity index (χ4v) is 1.28. The Balaban J connectivity index is 2.87. The molecule has 1 aromatic carbocycles. The summed E-state index contributed by atoms with van der Waals surface area (Å²) in [7, 11) is 0. The second-order valence-corrected chi connectivity index (χ2v) is 3.41. The molecule has 0 fully saturated rings. The topological polar surface area (TPSA) is 63.6 Å². The highest BCUT2D eigenvalue weighted by molar-refractivity contribution is 7.79. The molecule has 0 amide bonds. The molecule has 0 heterocycles. The summed E-state index contributed by atoms with van der Waals surface area (Å²) in [5.74, 6) is 0. The number of hydrogen-bond donors (Lipinski definition) is 1. The minimum absolute atomic E-state index is 0.299. The largest absolute Gasteiger partial charge is 0.758 e. The first-order valence-corrected chi connectivity index (χ1v) is 4.91. The molecule has 0 aliphatic rings. The molecule has 0 bridgehead atoms. The molecule has 5 heteroatoms. The highest BCUT2D eigenvalue weighted by atomic mass is 32.2. The lowest BCUT2D eigenvalue weighted by Crippen LogP contribution is -2.12. The van der Waals surface area contributed by atoms with Crippen LogP contribution in [0.1, 0.15) is 6.92 Å². The minimum atomic E-state index is -1.97. The van der Waals surface area contributed by atoms with Gasteiger partial charge in [0.2, 0.25) is 0 Å². The van der Waals surface area contributed by atoms with Crippen LogP contribution in [0.3, 0.4) is 0 Å². The molecule has 1 aromatic rings. The van der Waals surface area contributed by atoms with Crippen molar-refractivity contribution in [1.82, 2.24) is 0 Å². The lowest BCUT2D eigenvalue weighted by molar-refractivity contribution is 0.564. The maximum absolute atomic E-state index is 11.1. The standard InChI is InChI=1S/C8H10NO3S/c1-2-9(10)7-3-5-8(6-4-7)13(11)12/h3-6H,2H2,1H3,(H,11,12)/q-1. The van der Waals surface area contributed by atoms with Crippen molar-refractivity contribution in [2.75, 3.05) is 11.6 Å². The van der Waals surface area contributed by atoms with Crippen molar-refractivity contribution in [3.63, 3.8) is 0 Å². The first kappa shape index (κ1) is 10.2. The number of nitrogens with zero attached hydrogens (tertiary/aromatic N) is 1. The molecule has 13 heavy (non-hydrogen) atoms. The van der Waals surface area contributed by atoms with Crippen LogP contribution in [0, 0.1) is 5.21 Å². The van der Waals surface area contributed by atoms with Crippen LogP contribution >= 0.6 is 0 Å². The third-order valence-corrected chi connectivity index (χ3v) is 2.29. The molecular weight excluding hydrogens is 190 g/mol. The Kier molecular flexibility index (Phi) is 3.41. The van der Waals surface area contributed by atoms with E-state index in [-0.39, 0.29) is 0 Å². The van der Waals surface area contributed by atoms with Crippen LogP contribution in [0.15, 0.2) is 29.2 Å². The zero-order valence-electron chi connectivity index (χ0n) is 7.14. The van der Waals surface area contributed by atoms with Gasteiger partial charge >= 0.3 is 0 Å². The summed E-state index contributed by atoms with van der Waals surface area (Å²) in [6, 6.07) is 5.98. The Labute approximate surface area is 79.0 Å². The van der Waals surface area contributed by atoms with Gasteiger partial charge in [-0.15, -0.1) is 0 Å². The molecule has 0 aliphatic carbocycles. The zero-order valence-corrected chi connectivity index (χ0v) is 7.95. The normalized spacial score (nSPS) is 12.5. The van der Waals surface area contributed by atoms with E-state index in [1.165, 1.54) is 24.3 Å². The van der Waals surface area contributed by atoms with E-state index in [1.54, 1.807) is 6.92 Å². The van der Waals surface area contributed by atoms with E-state index in [2.05, 4.69) is 0 Å². The fourth-order valence-electron chi connectivity index (χ4n) is 0.911. The summed E-state index contributed by atoms with van der Waals surface area (Å²) < 4.78 is 19.3. The van der Waals surface area contributed by atoms with E-state index >= 15 is 0 Å². The van der Waals surface area contributed by atoms with Crippen LogP contribution in [0.2, 0.25) is 0 Å². The highest BCUT2D eigenvalue weighted by Crippen LogP contribution is 2.15. The Morgan fingerprint density at radius 1 is 1.46 bits per heavy atom. The molecule has 0 spiro atoms. The Bertz CT molecular complexity index is 299. The number of hydroxylamine groups is 1. The summed E-state index contributed by atoms with van der Waals surface area (Å²) in [6.45, 7) is 2.10. The monoisotopic (exact) mass is 200 g/mol. The van der Waals surface area contributed by atoms with Crippen LogP contribution < -0.4 is 5.06 Å². The molecular formula is C8H10NO3S-. The van der Waals surface area contributed by atoms with Crippen LogP contribution in [0.5, 0.6) is 0 Å². The van der Waals surface area contributed by atoms with Gasteiger partial charge in [-0.25, -0.2) is 4.21 Å². The summed E-state index contributed by atoms with van der Waals surface area (Å²) >= 11 is -1.97. The van der Waals surface area contributed by atoms with Crippen LogP contribution in [0.4, 0.5) is 5.69 Å². The van der Waals surface area contributed by atoms with E-state index < -0.39 is 11.1 Å². The molecule has 1 unspecified atom stereocenters. The molecule has 1 rings (SSSR count). The number of hydrogen-bond acceptors (Lipinski definition) is 3. The zero-order chi connectivity index (χ0) is 9.84. The molecule has 1 N–H and O–H groups in total. The predicted molar refractivity (Wildman–Crippen MR) is 51.9 cm³/mol. The van der Waals surface area contributed by atoms with Gasteiger partial charge in [0.05, 0.1) is 4.90 Å². The first-order chi connectivity index (χ1) is 6.15. The summed E-state index contributed by atoms with van der Waals surface area (Å²) in [6.07, 6.45) is 0. The molecule has 0 saturated carbocycles. The maximum Gasteiger partial charge on any atom is 0.186 e. The summed E-state index contributed by atoms with van der Waals surface area (Å²) in [4.78, 5) is 0.299. The van der Waals surface area contributed by atoms with Crippen molar-refractivity contribution >= 4 is 16.8 Å². The van der Waals surface area contributed by atoms with Crippen molar-refractivity contribution < 1.29 is 8.76 Å². The van der Waals surface area contributed by atoms with E-state index in [1.807, 2.05) is 0 Å². The third-order valence-electron chi connectivity index (χ3n) is 1.61. The van der Waals surface area contributed by atoms with Crippen molar-refractivity contribution in [3.8, 4) is 0 Å². The fraction of sp³-hybridized carbons (Fsp3) is 0.250. The van der Waals surface area contributed by atoms with E-state index in [4.69, 9.17) is 4.55 Å². The second-order valence-electron chi connectivity index (χ2n) is 2.44. The lowest BCUT2D eigenvalue weighted by atomic mass is 10.3. The average molecular weight is 200 g/mol. The SMILES string of the molecule is CCN([O-])c1ccc(S(=O)O)cc1. The number of benzene rings is 1. The molecule has 0 saturated heterocycles. The van der Waals surface area contributed by atoms with Crippen molar-refractivity contribution in [3.05, 3.63) is 29.5 Å².